The number of carbonyl (C=O) groups is 1. The number of halogens is 1. The largest absolute Gasteiger partial charge is 0.303 e. The van der Waals surface area contributed by atoms with Crippen molar-refractivity contribution in [2.75, 3.05) is 0 Å². The number of hydrogen-bond acceptors (Lipinski definition) is 1. The van der Waals surface area contributed by atoms with Gasteiger partial charge in [-0.2, -0.15) is 0 Å². The van der Waals surface area contributed by atoms with Gasteiger partial charge in [0, 0.05) is 11.4 Å². The van der Waals surface area contributed by atoms with E-state index in [1.807, 2.05) is 25.1 Å². The van der Waals surface area contributed by atoms with E-state index in [2.05, 4.69) is 0 Å². The molecular formula is C9H9ClO. The SMILES string of the molecule is Cc1c(Cl)cccc1CC=O. The maximum atomic E-state index is 10.2. The van der Waals surface area contributed by atoms with Gasteiger partial charge in [0.15, 0.2) is 0 Å². The van der Waals surface area contributed by atoms with Gasteiger partial charge in [0.05, 0.1) is 0 Å². The molecular weight excluding hydrogens is 160 g/mol. The molecule has 1 rings (SSSR count). The topological polar surface area (TPSA) is 17.1 Å². The molecule has 0 heterocycles. The van der Waals surface area contributed by atoms with Gasteiger partial charge in [-0.3, -0.25) is 0 Å². The Balaban J connectivity index is 3.05. The van der Waals surface area contributed by atoms with E-state index in [0.29, 0.717) is 6.42 Å². The van der Waals surface area contributed by atoms with Gasteiger partial charge in [-0.25, -0.2) is 0 Å². The molecule has 0 aromatic heterocycles. The Morgan fingerprint density at radius 1 is 1.55 bits per heavy atom. The first-order valence-electron chi connectivity index (χ1n) is 3.43. The van der Waals surface area contributed by atoms with Crippen molar-refractivity contribution in [1.29, 1.82) is 0 Å². The minimum absolute atomic E-state index is 0.451. The summed E-state index contributed by atoms with van der Waals surface area (Å²) in [6, 6.07) is 5.59. The second-order valence-corrected chi connectivity index (χ2v) is 2.80. The lowest BCUT2D eigenvalue weighted by molar-refractivity contribution is -0.107. The Morgan fingerprint density at radius 3 is 2.91 bits per heavy atom. The van der Waals surface area contributed by atoms with Crippen LogP contribution in [0.25, 0.3) is 0 Å². The van der Waals surface area contributed by atoms with Gasteiger partial charge in [0.2, 0.25) is 0 Å². The molecule has 0 radical (unpaired) electrons. The highest BCUT2D eigenvalue weighted by molar-refractivity contribution is 6.31. The molecule has 0 N–H and O–H groups in total. The van der Waals surface area contributed by atoms with Gasteiger partial charge in [-0.05, 0) is 24.1 Å². The highest BCUT2D eigenvalue weighted by Gasteiger charge is 1.99. The standard InChI is InChI=1S/C9H9ClO/c1-7-8(5-6-11)3-2-4-9(7)10/h2-4,6H,5H2,1H3. The fourth-order valence-electron chi connectivity index (χ4n) is 0.963. The summed E-state index contributed by atoms with van der Waals surface area (Å²) >= 11 is 5.83. The maximum absolute atomic E-state index is 10.2. The predicted octanol–water partition coefficient (Wildman–Crippen LogP) is 2.39. The van der Waals surface area contributed by atoms with Crippen molar-refractivity contribution >= 4 is 17.9 Å². The molecule has 1 nitrogen and oxygen atoms in total. The summed E-state index contributed by atoms with van der Waals surface area (Å²) in [4.78, 5) is 10.2. The number of hydrogen-bond donors (Lipinski definition) is 0. The van der Waals surface area contributed by atoms with Crippen molar-refractivity contribution in [1.82, 2.24) is 0 Å². The molecule has 0 spiro atoms. The molecule has 1 aromatic rings. The van der Waals surface area contributed by atoms with E-state index in [0.717, 1.165) is 22.4 Å². The molecule has 0 saturated carbocycles. The lowest BCUT2D eigenvalue weighted by atomic mass is 10.1. The zero-order valence-corrected chi connectivity index (χ0v) is 7.06. The molecule has 0 saturated heterocycles. The molecule has 11 heavy (non-hydrogen) atoms. The van der Waals surface area contributed by atoms with Crippen LogP contribution in [0.2, 0.25) is 5.02 Å². The van der Waals surface area contributed by atoms with E-state index in [9.17, 15) is 4.79 Å². The molecule has 0 aliphatic rings. The minimum Gasteiger partial charge on any atom is -0.303 e. The van der Waals surface area contributed by atoms with Gasteiger partial charge in [0.25, 0.3) is 0 Å². The molecule has 0 aliphatic heterocycles. The Hall–Kier alpha value is -0.820. The van der Waals surface area contributed by atoms with Crippen LogP contribution in [0, 0.1) is 6.92 Å². The van der Waals surface area contributed by atoms with E-state index in [1.54, 1.807) is 0 Å². The second kappa shape index (κ2) is 3.54. The van der Waals surface area contributed by atoms with Crippen molar-refractivity contribution in [3.8, 4) is 0 Å². The third kappa shape index (κ3) is 1.81. The molecule has 0 amide bonds. The third-order valence-electron chi connectivity index (χ3n) is 1.68. The van der Waals surface area contributed by atoms with Crippen LogP contribution in [0.5, 0.6) is 0 Å². The van der Waals surface area contributed by atoms with Gasteiger partial charge < -0.3 is 4.79 Å². The van der Waals surface area contributed by atoms with E-state index in [-0.39, 0.29) is 0 Å². The van der Waals surface area contributed by atoms with Crippen LogP contribution in [-0.4, -0.2) is 6.29 Å². The highest BCUT2D eigenvalue weighted by atomic mass is 35.5. The molecule has 0 bridgehead atoms. The average molecular weight is 169 g/mol. The summed E-state index contributed by atoms with van der Waals surface area (Å²) < 4.78 is 0. The Labute approximate surface area is 71.0 Å². The molecule has 58 valence electrons. The number of carbonyl (C=O) groups excluding carboxylic acids is 1. The summed E-state index contributed by atoms with van der Waals surface area (Å²) in [7, 11) is 0. The zero-order valence-electron chi connectivity index (χ0n) is 6.30. The Kier molecular flexibility index (Phi) is 2.66. The zero-order chi connectivity index (χ0) is 8.27. The van der Waals surface area contributed by atoms with Crippen molar-refractivity contribution in [2.45, 2.75) is 13.3 Å². The lowest BCUT2D eigenvalue weighted by Crippen LogP contribution is -1.90. The van der Waals surface area contributed by atoms with E-state index in [1.165, 1.54) is 0 Å². The van der Waals surface area contributed by atoms with Gasteiger partial charge in [-0.15, -0.1) is 0 Å². The van der Waals surface area contributed by atoms with Crippen LogP contribution in [0.4, 0.5) is 0 Å². The molecule has 0 atom stereocenters. The molecule has 0 unspecified atom stereocenters. The molecule has 0 aliphatic carbocycles. The van der Waals surface area contributed by atoms with Crippen LogP contribution in [0.1, 0.15) is 11.1 Å². The van der Waals surface area contributed by atoms with Gasteiger partial charge in [-0.1, -0.05) is 23.7 Å². The van der Waals surface area contributed by atoms with E-state index >= 15 is 0 Å². The quantitative estimate of drug-likeness (QED) is 0.620. The molecule has 0 fully saturated rings. The van der Waals surface area contributed by atoms with Gasteiger partial charge >= 0.3 is 0 Å². The lowest BCUT2D eigenvalue weighted by Gasteiger charge is -2.02. The van der Waals surface area contributed by atoms with Crippen LogP contribution >= 0.6 is 11.6 Å². The average Bonchev–Trinajstić information content (AvgIpc) is 1.99. The first kappa shape index (κ1) is 8.28. The van der Waals surface area contributed by atoms with Crippen molar-refractivity contribution in [3.05, 3.63) is 34.3 Å². The smallest absolute Gasteiger partial charge is 0.124 e. The van der Waals surface area contributed by atoms with Crippen molar-refractivity contribution < 1.29 is 4.79 Å². The van der Waals surface area contributed by atoms with Crippen molar-refractivity contribution in [3.63, 3.8) is 0 Å². The van der Waals surface area contributed by atoms with E-state index < -0.39 is 0 Å². The summed E-state index contributed by atoms with van der Waals surface area (Å²) in [5.41, 5.74) is 2.01. The normalized spacial score (nSPS) is 9.64. The van der Waals surface area contributed by atoms with Crippen LogP contribution in [-0.2, 0) is 11.2 Å². The second-order valence-electron chi connectivity index (χ2n) is 2.39. The third-order valence-corrected chi connectivity index (χ3v) is 2.09. The van der Waals surface area contributed by atoms with Crippen LogP contribution in [0.15, 0.2) is 18.2 Å². The molecule has 1 aromatic carbocycles. The fraction of sp³-hybridized carbons (Fsp3) is 0.222. The van der Waals surface area contributed by atoms with Crippen LogP contribution in [0.3, 0.4) is 0 Å². The number of aldehydes is 1. The predicted molar refractivity (Wildman–Crippen MR) is 46.0 cm³/mol. The number of benzene rings is 1. The first-order chi connectivity index (χ1) is 5.25. The van der Waals surface area contributed by atoms with E-state index in [4.69, 9.17) is 11.6 Å². The van der Waals surface area contributed by atoms with Gasteiger partial charge in [0.1, 0.15) is 6.29 Å². The summed E-state index contributed by atoms with van der Waals surface area (Å²) in [6.45, 7) is 1.92. The number of rotatable bonds is 2. The molecule has 2 heteroatoms. The fourth-order valence-corrected chi connectivity index (χ4v) is 1.16. The van der Waals surface area contributed by atoms with Crippen molar-refractivity contribution in [2.24, 2.45) is 0 Å². The summed E-state index contributed by atoms with van der Waals surface area (Å²) in [5, 5.41) is 0.726. The van der Waals surface area contributed by atoms with Crippen LogP contribution < -0.4 is 0 Å². The highest BCUT2D eigenvalue weighted by Crippen LogP contribution is 2.18. The Morgan fingerprint density at radius 2 is 2.27 bits per heavy atom. The minimum atomic E-state index is 0.451. The summed E-state index contributed by atoms with van der Waals surface area (Å²) in [6.07, 6.45) is 1.34. The monoisotopic (exact) mass is 168 g/mol. The first-order valence-corrected chi connectivity index (χ1v) is 3.81. The Bertz CT molecular complexity index is 268. The summed E-state index contributed by atoms with van der Waals surface area (Å²) in [5.74, 6) is 0. The maximum Gasteiger partial charge on any atom is 0.124 e.